The first-order chi connectivity index (χ1) is 15.7. The molecule has 4 rings (SSSR count). The van der Waals surface area contributed by atoms with Crippen LogP contribution >= 0.6 is 22.9 Å². The van der Waals surface area contributed by atoms with Crippen LogP contribution in [0.2, 0.25) is 5.02 Å². The number of halogens is 1. The average Bonchev–Trinajstić information content (AvgIpc) is 3.14. The topological polar surface area (TPSA) is 141 Å². The summed E-state index contributed by atoms with van der Waals surface area (Å²) in [6.45, 7) is 2.86. The summed E-state index contributed by atoms with van der Waals surface area (Å²) < 4.78 is 24.9. The molecule has 1 aromatic carbocycles. The maximum atomic E-state index is 11.7. The Hall–Kier alpha value is -2.82. The van der Waals surface area contributed by atoms with Crippen molar-refractivity contribution in [3.63, 3.8) is 0 Å². The van der Waals surface area contributed by atoms with Crippen molar-refractivity contribution in [2.24, 2.45) is 0 Å². The molecule has 2 aromatic heterocycles. The zero-order valence-electron chi connectivity index (χ0n) is 17.7. The molecule has 1 fully saturated rings. The van der Waals surface area contributed by atoms with Gasteiger partial charge in [0.25, 0.3) is 0 Å². The fraction of sp³-hybridized carbons (Fsp3) is 0.300. The number of nitriles is 1. The number of hydrogen-bond acceptors (Lipinski definition) is 10. The van der Waals surface area contributed by atoms with Gasteiger partial charge in [0.2, 0.25) is 16.0 Å². The highest BCUT2D eigenvalue weighted by atomic mass is 35.5. The molecule has 0 spiro atoms. The lowest BCUT2D eigenvalue weighted by Crippen LogP contribution is -2.47. The average molecular weight is 505 g/mol. The van der Waals surface area contributed by atoms with Crippen molar-refractivity contribution in [1.29, 1.82) is 5.26 Å². The molecular formula is C20H21ClN8O2S2. The number of anilines is 3. The highest BCUT2D eigenvalue weighted by molar-refractivity contribution is 7.88. The molecule has 3 heterocycles. The minimum atomic E-state index is -3.16. The van der Waals surface area contributed by atoms with Gasteiger partial charge in [-0.25, -0.2) is 23.4 Å². The van der Waals surface area contributed by atoms with Crippen LogP contribution < -0.4 is 11.1 Å². The minimum absolute atomic E-state index is 0.298. The van der Waals surface area contributed by atoms with E-state index in [0.29, 0.717) is 70.8 Å². The lowest BCUT2D eigenvalue weighted by Gasteiger charge is -2.33. The number of piperazine rings is 1. The molecule has 3 aromatic rings. The fourth-order valence-electron chi connectivity index (χ4n) is 3.56. The Bertz CT molecular complexity index is 1310. The van der Waals surface area contributed by atoms with Crippen LogP contribution in [0.15, 0.2) is 30.5 Å². The molecule has 3 N–H and O–H groups in total. The van der Waals surface area contributed by atoms with Crippen molar-refractivity contribution in [1.82, 2.24) is 24.2 Å². The number of nitrogens with zero attached hydrogens (tertiary/aromatic N) is 6. The van der Waals surface area contributed by atoms with Gasteiger partial charge < -0.3 is 11.1 Å². The van der Waals surface area contributed by atoms with Crippen LogP contribution in [-0.4, -0.2) is 65.0 Å². The molecule has 0 bridgehead atoms. The highest BCUT2D eigenvalue weighted by Crippen LogP contribution is 2.29. The maximum Gasteiger partial charge on any atom is 0.227 e. The lowest BCUT2D eigenvalue weighted by molar-refractivity contribution is 0.182. The third-order valence-electron chi connectivity index (χ3n) is 5.06. The van der Waals surface area contributed by atoms with Gasteiger partial charge in [0, 0.05) is 49.6 Å². The third kappa shape index (κ3) is 5.76. The molecule has 1 aliphatic rings. The number of thiazole rings is 1. The number of sulfonamides is 1. The van der Waals surface area contributed by atoms with Gasteiger partial charge in [-0.2, -0.15) is 9.57 Å². The van der Waals surface area contributed by atoms with E-state index in [1.165, 1.54) is 10.6 Å². The quantitative estimate of drug-likeness (QED) is 0.517. The second-order valence-electron chi connectivity index (χ2n) is 7.52. The molecule has 0 aliphatic carbocycles. The Labute approximate surface area is 200 Å². The highest BCUT2D eigenvalue weighted by Gasteiger charge is 2.23. The van der Waals surface area contributed by atoms with Crippen LogP contribution in [0.5, 0.6) is 0 Å². The largest absolute Gasteiger partial charge is 0.375 e. The van der Waals surface area contributed by atoms with Crippen LogP contribution in [-0.2, 0) is 16.6 Å². The fourth-order valence-corrected chi connectivity index (χ4v) is 5.28. The second kappa shape index (κ2) is 9.58. The van der Waals surface area contributed by atoms with E-state index >= 15 is 0 Å². The summed E-state index contributed by atoms with van der Waals surface area (Å²) in [6, 6.07) is 9.35. The summed E-state index contributed by atoms with van der Waals surface area (Å²) in [5, 5.41) is 13.3. The first kappa shape index (κ1) is 23.3. The number of nitrogens with one attached hydrogen (secondary N) is 1. The maximum absolute atomic E-state index is 11.7. The zero-order valence-corrected chi connectivity index (χ0v) is 20.1. The van der Waals surface area contributed by atoms with Crippen LogP contribution in [0.1, 0.15) is 10.4 Å². The van der Waals surface area contributed by atoms with E-state index in [-0.39, 0.29) is 0 Å². The van der Waals surface area contributed by atoms with E-state index in [1.807, 2.05) is 12.1 Å². The predicted molar refractivity (Wildman–Crippen MR) is 129 cm³/mol. The van der Waals surface area contributed by atoms with E-state index in [9.17, 15) is 13.7 Å². The Morgan fingerprint density at radius 3 is 2.70 bits per heavy atom. The van der Waals surface area contributed by atoms with E-state index < -0.39 is 10.0 Å². The van der Waals surface area contributed by atoms with Crippen molar-refractivity contribution < 1.29 is 8.42 Å². The van der Waals surface area contributed by atoms with Crippen LogP contribution in [0.25, 0.3) is 11.4 Å². The van der Waals surface area contributed by atoms with Crippen LogP contribution in [0, 0.1) is 11.3 Å². The normalized spacial score (nSPS) is 15.3. The van der Waals surface area contributed by atoms with Crippen molar-refractivity contribution in [3.05, 3.63) is 45.9 Å². The first-order valence-electron chi connectivity index (χ1n) is 9.95. The summed E-state index contributed by atoms with van der Waals surface area (Å²) in [5.74, 6) is 0.331. The summed E-state index contributed by atoms with van der Waals surface area (Å²) in [5.41, 5.74) is 8.34. The number of nitrogen functional groups attached to an aromatic ring is 1. The molecule has 0 unspecified atom stereocenters. The number of aromatic nitrogens is 3. The van der Waals surface area contributed by atoms with E-state index in [4.69, 9.17) is 17.3 Å². The van der Waals surface area contributed by atoms with Crippen molar-refractivity contribution in [3.8, 4) is 17.5 Å². The standard InChI is InChI=1S/C20H21ClN8O2S2/c1-33(30,31)29-6-4-28(5-7-29)12-13-8-14(21)10-15(9-13)25-20-24-3-2-16(26-20)18-17(11-22)32-19(23)27-18/h2-3,8-10H,4-7,12H2,1H3,(H2,23,27)(H,24,25,26). The molecule has 0 radical (unpaired) electrons. The zero-order chi connectivity index (χ0) is 23.6. The van der Waals surface area contributed by atoms with E-state index in [2.05, 4.69) is 31.2 Å². The predicted octanol–water partition coefficient (Wildman–Crippen LogP) is 2.53. The van der Waals surface area contributed by atoms with Gasteiger partial charge in [-0.05, 0) is 29.8 Å². The Kier molecular flexibility index (Phi) is 6.78. The molecule has 33 heavy (non-hydrogen) atoms. The molecule has 0 atom stereocenters. The molecular weight excluding hydrogens is 484 g/mol. The molecule has 1 saturated heterocycles. The van der Waals surface area contributed by atoms with Gasteiger partial charge in [0.15, 0.2) is 5.13 Å². The van der Waals surface area contributed by atoms with Gasteiger partial charge in [-0.3, -0.25) is 4.90 Å². The van der Waals surface area contributed by atoms with Crippen LogP contribution in [0.3, 0.4) is 0 Å². The Morgan fingerprint density at radius 2 is 2.00 bits per heavy atom. The molecule has 10 nitrogen and oxygen atoms in total. The number of benzene rings is 1. The lowest BCUT2D eigenvalue weighted by atomic mass is 10.1. The second-order valence-corrected chi connectivity index (χ2v) is 11.0. The Morgan fingerprint density at radius 1 is 1.24 bits per heavy atom. The Balaban J connectivity index is 1.48. The summed E-state index contributed by atoms with van der Waals surface area (Å²) in [4.78, 5) is 15.5. The summed E-state index contributed by atoms with van der Waals surface area (Å²) in [7, 11) is -3.16. The van der Waals surface area contributed by atoms with Gasteiger partial charge in [-0.1, -0.05) is 22.9 Å². The van der Waals surface area contributed by atoms with E-state index in [1.54, 1.807) is 18.3 Å². The van der Waals surface area contributed by atoms with Crippen molar-refractivity contribution in [2.75, 3.05) is 43.5 Å². The SMILES string of the molecule is CS(=O)(=O)N1CCN(Cc2cc(Cl)cc(Nc3nccc(-c4nc(N)sc4C#N)n3)c2)CC1. The van der Waals surface area contributed by atoms with Crippen LogP contribution in [0.4, 0.5) is 16.8 Å². The van der Waals surface area contributed by atoms with Gasteiger partial charge >= 0.3 is 0 Å². The molecule has 0 saturated carbocycles. The number of rotatable bonds is 6. The number of hydrogen-bond donors (Lipinski definition) is 2. The van der Waals surface area contributed by atoms with Crippen molar-refractivity contribution >= 4 is 49.7 Å². The minimum Gasteiger partial charge on any atom is -0.375 e. The molecule has 1 aliphatic heterocycles. The molecule has 172 valence electrons. The monoisotopic (exact) mass is 504 g/mol. The van der Waals surface area contributed by atoms with Gasteiger partial charge in [0.1, 0.15) is 16.6 Å². The van der Waals surface area contributed by atoms with Gasteiger partial charge in [-0.15, -0.1) is 0 Å². The van der Waals surface area contributed by atoms with E-state index in [0.717, 1.165) is 16.9 Å². The smallest absolute Gasteiger partial charge is 0.227 e. The first-order valence-corrected chi connectivity index (χ1v) is 13.0. The summed E-state index contributed by atoms with van der Waals surface area (Å²) >= 11 is 7.45. The van der Waals surface area contributed by atoms with Gasteiger partial charge in [0.05, 0.1) is 11.9 Å². The molecule has 13 heteroatoms. The summed E-state index contributed by atoms with van der Waals surface area (Å²) in [6.07, 6.45) is 2.81. The third-order valence-corrected chi connectivity index (χ3v) is 7.37. The van der Waals surface area contributed by atoms with Crippen molar-refractivity contribution in [2.45, 2.75) is 6.54 Å². The number of nitrogens with two attached hydrogens (primary N) is 1. The molecule has 0 amide bonds.